The molecule has 0 bridgehead atoms. The molecule has 12 heavy (non-hydrogen) atoms. The van der Waals surface area contributed by atoms with Gasteiger partial charge in [0.2, 0.25) is 0 Å². The Morgan fingerprint density at radius 2 is 2.33 bits per heavy atom. The van der Waals surface area contributed by atoms with Gasteiger partial charge in [-0.25, -0.2) is 0 Å². The minimum atomic E-state index is -1.00. The van der Waals surface area contributed by atoms with Gasteiger partial charge < -0.3 is 10.2 Å². The highest BCUT2D eigenvalue weighted by Gasteiger charge is 2.07. The molecule has 0 radical (unpaired) electrons. The second-order valence-electron chi connectivity index (χ2n) is 2.19. The second-order valence-corrected chi connectivity index (χ2v) is 3.44. The van der Waals surface area contributed by atoms with Crippen molar-refractivity contribution >= 4 is 28.6 Å². The van der Waals surface area contributed by atoms with Crippen LogP contribution in [-0.2, 0) is 11.2 Å². The third kappa shape index (κ3) is 2.33. The van der Waals surface area contributed by atoms with Crippen molar-refractivity contribution in [3.8, 4) is 5.75 Å². The van der Waals surface area contributed by atoms with E-state index in [9.17, 15) is 9.90 Å². The van der Waals surface area contributed by atoms with Gasteiger partial charge in [-0.05, 0) is 28.7 Å². The Morgan fingerprint density at radius 3 is 2.83 bits per heavy atom. The van der Waals surface area contributed by atoms with Crippen LogP contribution in [0.4, 0.5) is 0 Å². The van der Waals surface area contributed by atoms with Gasteiger partial charge in [-0.1, -0.05) is 0 Å². The lowest BCUT2D eigenvalue weighted by atomic mass is 10.2. The number of carboxylic acid groups (broad SMARTS) is 1. The molecule has 0 aromatic carbocycles. The number of aromatic nitrogens is 1. The fraction of sp³-hybridized carbons (Fsp3) is 0.143. The first kappa shape index (κ1) is 9.24. The fourth-order valence-corrected chi connectivity index (χ4v) is 1.17. The standard InChI is InChI=1S/C7H6INO3/c8-4-1-6(10)5(9-3-4)2-7(11)12/h1,3,10H,2H2,(H,11,12). The molecule has 1 aromatic heterocycles. The maximum Gasteiger partial charge on any atom is 0.309 e. The zero-order valence-corrected chi connectivity index (χ0v) is 8.15. The molecular weight excluding hydrogens is 273 g/mol. The lowest BCUT2D eigenvalue weighted by Crippen LogP contribution is -2.02. The predicted octanol–water partition coefficient (Wildman–Crippen LogP) is 1.02. The van der Waals surface area contributed by atoms with Crippen LogP contribution in [0, 0.1) is 3.57 Å². The van der Waals surface area contributed by atoms with E-state index in [0.717, 1.165) is 3.57 Å². The number of carboxylic acids is 1. The Bertz CT molecular complexity index is 314. The second kappa shape index (κ2) is 3.70. The highest BCUT2D eigenvalue weighted by Crippen LogP contribution is 2.17. The molecular formula is C7H6INO3. The summed E-state index contributed by atoms with van der Waals surface area (Å²) in [4.78, 5) is 14.0. The Kier molecular flexibility index (Phi) is 2.85. The monoisotopic (exact) mass is 279 g/mol. The van der Waals surface area contributed by atoms with Crippen molar-refractivity contribution in [1.82, 2.24) is 4.98 Å². The average Bonchev–Trinajstić information content (AvgIpc) is 1.94. The molecule has 1 aromatic rings. The van der Waals surface area contributed by atoms with Gasteiger partial charge in [-0.15, -0.1) is 0 Å². The Labute approximate surface area is 82.4 Å². The van der Waals surface area contributed by atoms with E-state index >= 15 is 0 Å². The third-order valence-electron chi connectivity index (χ3n) is 1.23. The summed E-state index contributed by atoms with van der Waals surface area (Å²) >= 11 is 1.99. The maximum atomic E-state index is 10.3. The minimum Gasteiger partial charge on any atom is -0.506 e. The third-order valence-corrected chi connectivity index (χ3v) is 1.82. The molecule has 2 N–H and O–H groups in total. The van der Waals surface area contributed by atoms with Gasteiger partial charge in [0, 0.05) is 9.77 Å². The van der Waals surface area contributed by atoms with E-state index in [4.69, 9.17) is 5.11 Å². The molecule has 4 nitrogen and oxygen atoms in total. The first-order valence-corrected chi connectivity index (χ1v) is 4.22. The molecule has 0 saturated heterocycles. The van der Waals surface area contributed by atoms with Crippen molar-refractivity contribution in [1.29, 1.82) is 0 Å². The van der Waals surface area contributed by atoms with E-state index in [0.29, 0.717) is 0 Å². The van der Waals surface area contributed by atoms with Crippen molar-refractivity contribution in [3.05, 3.63) is 21.5 Å². The molecule has 0 atom stereocenters. The summed E-state index contributed by atoms with van der Waals surface area (Å²) < 4.78 is 0.777. The van der Waals surface area contributed by atoms with Crippen molar-refractivity contribution in [2.24, 2.45) is 0 Å². The molecule has 0 saturated carbocycles. The quantitative estimate of drug-likeness (QED) is 0.793. The van der Waals surface area contributed by atoms with Crippen LogP contribution in [0.3, 0.4) is 0 Å². The fourth-order valence-electron chi connectivity index (χ4n) is 0.736. The van der Waals surface area contributed by atoms with E-state index in [1.54, 1.807) is 0 Å². The molecule has 64 valence electrons. The van der Waals surface area contributed by atoms with Gasteiger partial charge in [0.15, 0.2) is 0 Å². The molecule has 1 rings (SSSR count). The van der Waals surface area contributed by atoms with E-state index in [2.05, 4.69) is 4.98 Å². The van der Waals surface area contributed by atoms with Gasteiger partial charge in [0.25, 0.3) is 0 Å². The molecule has 0 aliphatic rings. The summed E-state index contributed by atoms with van der Waals surface area (Å²) in [6.07, 6.45) is 1.27. The van der Waals surface area contributed by atoms with E-state index in [-0.39, 0.29) is 17.9 Å². The van der Waals surface area contributed by atoms with Crippen LogP contribution in [0.1, 0.15) is 5.69 Å². The molecule has 0 unspecified atom stereocenters. The molecule has 0 spiro atoms. The lowest BCUT2D eigenvalue weighted by molar-refractivity contribution is -0.136. The Hall–Kier alpha value is -0.850. The van der Waals surface area contributed by atoms with Crippen LogP contribution < -0.4 is 0 Å². The highest BCUT2D eigenvalue weighted by molar-refractivity contribution is 14.1. The number of halogens is 1. The Balaban J connectivity index is 2.93. The number of rotatable bonds is 2. The van der Waals surface area contributed by atoms with Crippen LogP contribution in [0.2, 0.25) is 0 Å². The van der Waals surface area contributed by atoms with Crippen molar-refractivity contribution in [2.45, 2.75) is 6.42 Å². The number of aliphatic carboxylic acids is 1. The first-order chi connectivity index (χ1) is 5.59. The number of nitrogens with zero attached hydrogens (tertiary/aromatic N) is 1. The predicted molar refractivity (Wildman–Crippen MR) is 50.0 cm³/mol. The van der Waals surface area contributed by atoms with E-state index < -0.39 is 5.97 Å². The molecule has 0 amide bonds. The van der Waals surface area contributed by atoms with Gasteiger partial charge in [0.05, 0.1) is 12.1 Å². The van der Waals surface area contributed by atoms with Gasteiger partial charge in [-0.2, -0.15) is 0 Å². The zero-order valence-electron chi connectivity index (χ0n) is 5.99. The number of hydrogen-bond donors (Lipinski definition) is 2. The summed E-state index contributed by atoms with van der Waals surface area (Å²) in [6, 6.07) is 1.48. The lowest BCUT2D eigenvalue weighted by Gasteiger charge is -1.99. The van der Waals surface area contributed by atoms with Crippen LogP contribution >= 0.6 is 22.6 Å². The smallest absolute Gasteiger partial charge is 0.309 e. The summed E-state index contributed by atoms with van der Waals surface area (Å²) in [5.74, 6) is -1.07. The van der Waals surface area contributed by atoms with Crippen LogP contribution in [0.15, 0.2) is 12.3 Å². The Morgan fingerprint density at radius 1 is 1.67 bits per heavy atom. The normalized spacial score (nSPS) is 9.75. The van der Waals surface area contributed by atoms with Crippen molar-refractivity contribution in [3.63, 3.8) is 0 Å². The topological polar surface area (TPSA) is 70.4 Å². The number of pyridine rings is 1. The SMILES string of the molecule is O=C(O)Cc1ncc(I)cc1O. The number of aromatic hydroxyl groups is 1. The first-order valence-electron chi connectivity index (χ1n) is 3.15. The van der Waals surface area contributed by atoms with Crippen LogP contribution in [0.5, 0.6) is 5.75 Å². The zero-order chi connectivity index (χ0) is 9.14. The summed E-state index contributed by atoms with van der Waals surface area (Å²) in [5.41, 5.74) is 0.197. The van der Waals surface area contributed by atoms with Gasteiger partial charge in [0.1, 0.15) is 5.75 Å². The number of hydrogen-bond acceptors (Lipinski definition) is 3. The van der Waals surface area contributed by atoms with Gasteiger partial charge in [-0.3, -0.25) is 9.78 Å². The maximum absolute atomic E-state index is 10.3. The van der Waals surface area contributed by atoms with Crippen molar-refractivity contribution in [2.75, 3.05) is 0 Å². The molecule has 0 aliphatic carbocycles. The molecule has 1 heterocycles. The highest BCUT2D eigenvalue weighted by atomic mass is 127. The van der Waals surface area contributed by atoms with Crippen molar-refractivity contribution < 1.29 is 15.0 Å². The average molecular weight is 279 g/mol. The summed E-state index contributed by atoms with van der Waals surface area (Å²) in [6.45, 7) is 0. The molecule has 5 heteroatoms. The van der Waals surface area contributed by atoms with Crippen LogP contribution in [0.25, 0.3) is 0 Å². The van der Waals surface area contributed by atoms with E-state index in [1.807, 2.05) is 22.6 Å². The summed E-state index contributed by atoms with van der Waals surface area (Å²) in [7, 11) is 0. The van der Waals surface area contributed by atoms with E-state index in [1.165, 1.54) is 12.3 Å². The minimum absolute atomic E-state index is 0.0655. The largest absolute Gasteiger partial charge is 0.506 e. The van der Waals surface area contributed by atoms with Gasteiger partial charge >= 0.3 is 5.97 Å². The van der Waals surface area contributed by atoms with Crippen LogP contribution in [-0.4, -0.2) is 21.2 Å². The molecule has 0 aliphatic heterocycles. The molecule has 0 fully saturated rings. The number of carbonyl (C=O) groups is 1. The summed E-state index contributed by atoms with van der Waals surface area (Å²) in [5, 5.41) is 17.6.